The first-order chi connectivity index (χ1) is 9.54. The summed E-state index contributed by atoms with van der Waals surface area (Å²) in [4.78, 5) is 12.0. The third-order valence-electron chi connectivity index (χ3n) is 4.06. The van der Waals surface area contributed by atoms with Gasteiger partial charge in [-0.1, -0.05) is 29.3 Å². The van der Waals surface area contributed by atoms with E-state index in [1.165, 1.54) is 23.1 Å². The molecule has 3 heteroatoms. The molecular formula is C17H26N2O. The maximum atomic E-state index is 12.0. The van der Waals surface area contributed by atoms with Crippen molar-refractivity contribution in [3.05, 3.63) is 34.9 Å². The molecule has 0 aromatic heterocycles. The minimum atomic E-state index is 0.0859. The SMILES string of the molecule is Cc1cc(C)cc(C(C)NC(=O)CCC2CCNC2)c1. The summed E-state index contributed by atoms with van der Waals surface area (Å²) in [6.07, 6.45) is 2.85. The van der Waals surface area contributed by atoms with Crippen molar-refractivity contribution in [3.63, 3.8) is 0 Å². The Balaban J connectivity index is 1.83. The molecule has 3 nitrogen and oxygen atoms in total. The lowest BCUT2D eigenvalue weighted by atomic mass is 10.0. The van der Waals surface area contributed by atoms with Crippen LogP contribution in [0.2, 0.25) is 0 Å². The van der Waals surface area contributed by atoms with Crippen molar-refractivity contribution < 1.29 is 4.79 Å². The molecule has 1 amide bonds. The normalized spacial score (nSPS) is 19.9. The molecule has 0 saturated carbocycles. The van der Waals surface area contributed by atoms with Gasteiger partial charge in [0.1, 0.15) is 0 Å². The molecule has 2 unspecified atom stereocenters. The average molecular weight is 274 g/mol. The Hall–Kier alpha value is -1.35. The van der Waals surface area contributed by atoms with Crippen LogP contribution in [-0.4, -0.2) is 19.0 Å². The number of hydrogen-bond donors (Lipinski definition) is 2. The van der Waals surface area contributed by atoms with Crippen LogP contribution in [0.25, 0.3) is 0 Å². The van der Waals surface area contributed by atoms with Gasteiger partial charge in [0.25, 0.3) is 0 Å². The van der Waals surface area contributed by atoms with Crippen LogP contribution in [0.4, 0.5) is 0 Å². The van der Waals surface area contributed by atoms with Gasteiger partial charge in [-0.2, -0.15) is 0 Å². The number of hydrogen-bond acceptors (Lipinski definition) is 2. The number of nitrogens with one attached hydrogen (secondary N) is 2. The molecular weight excluding hydrogens is 248 g/mol. The Kier molecular flexibility index (Phi) is 5.18. The number of carbonyl (C=O) groups is 1. The molecule has 1 aromatic rings. The van der Waals surface area contributed by atoms with Crippen LogP contribution in [0.1, 0.15) is 48.9 Å². The Bertz CT molecular complexity index is 444. The zero-order valence-electron chi connectivity index (χ0n) is 12.8. The molecule has 2 N–H and O–H groups in total. The lowest BCUT2D eigenvalue weighted by molar-refractivity contribution is -0.122. The fourth-order valence-corrected chi connectivity index (χ4v) is 2.95. The van der Waals surface area contributed by atoms with Crippen LogP contribution in [0.15, 0.2) is 18.2 Å². The quantitative estimate of drug-likeness (QED) is 0.867. The van der Waals surface area contributed by atoms with Gasteiger partial charge in [0.15, 0.2) is 0 Å². The van der Waals surface area contributed by atoms with E-state index in [0.29, 0.717) is 12.3 Å². The second kappa shape index (κ2) is 6.89. The largest absolute Gasteiger partial charge is 0.350 e. The maximum Gasteiger partial charge on any atom is 0.220 e. The van der Waals surface area contributed by atoms with Gasteiger partial charge in [0.2, 0.25) is 5.91 Å². The van der Waals surface area contributed by atoms with Crippen molar-refractivity contribution in [3.8, 4) is 0 Å². The van der Waals surface area contributed by atoms with Crippen LogP contribution in [-0.2, 0) is 4.79 Å². The molecule has 1 saturated heterocycles. The standard InChI is InChI=1S/C17H26N2O/c1-12-8-13(2)10-16(9-12)14(3)19-17(20)5-4-15-6-7-18-11-15/h8-10,14-15,18H,4-7,11H2,1-3H3,(H,19,20). The molecule has 1 aliphatic heterocycles. The zero-order chi connectivity index (χ0) is 14.5. The highest BCUT2D eigenvalue weighted by Crippen LogP contribution is 2.18. The first-order valence-corrected chi connectivity index (χ1v) is 7.63. The summed E-state index contributed by atoms with van der Waals surface area (Å²) in [5.41, 5.74) is 3.69. The molecule has 1 fully saturated rings. The number of aryl methyl sites for hydroxylation is 2. The van der Waals surface area contributed by atoms with Gasteiger partial charge >= 0.3 is 0 Å². The molecule has 110 valence electrons. The number of carbonyl (C=O) groups excluding carboxylic acids is 1. The van der Waals surface area contributed by atoms with E-state index in [-0.39, 0.29) is 11.9 Å². The van der Waals surface area contributed by atoms with E-state index in [1.54, 1.807) is 0 Å². The number of rotatable bonds is 5. The molecule has 2 atom stereocenters. The Morgan fingerprint density at radius 3 is 2.65 bits per heavy atom. The lowest BCUT2D eigenvalue weighted by Gasteiger charge is -2.16. The van der Waals surface area contributed by atoms with Gasteiger partial charge in [0, 0.05) is 6.42 Å². The van der Waals surface area contributed by atoms with Gasteiger partial charge in [-0.05, 0) is 58.2 Å². The summed E-state index contributed by atoms with van der Waals surface area (Å²) in [6.45, 7) is 8.42. The third-order valence-corrected chi connectivity index (χ3v) is 4.06. The summed E-state index contributed by atoms with van der Waals surface area (Å²) in [6, 6.07) is 6.55. The molecule has 0 aliphatic carbocycles. The second-order valence-electron chi connectivity index (χ2n) is 6.11. The van der Waals surface area contributed by atoms with Crippen LogP contribution >= 0.6 is 0 Å². The van der Waals surface area contributed by atoms with Crippen molar-refractivity contribution in [1.29, 1.82) is 0 Å². The van der Waals surface area contributed by atoms with Crippen LogP contribution in [0, 0.1) is 19.8 Å². The lowest BCUT2D eigenvalue weighted by Crippen LogP contribution is -2.27. The van der Waals surface area contributed by atoms with Gasteiger partial charge in [-0.25, -0.2) is 0 Å². The fourth-order valence-electron chi connectivity index (χ4n) is 2.95. The number of amides is 1. The van der Waals surface area contributed by atoms with E-state index < -0.39 is 0 Å². The molecule has 0 bridgehead atoms. The predicted molar refractivity (Wildman–Crippen MR) is 82.7 cm³/mol. The third kappa shape index (κ3) is 4.34. The summed E-state index contributed by atoms with van der Waals surface area (Å²) in [7, 11) is 0. The minimum absolute atomic E-state index is 0.0859. The molecule has 1 aromatic carbocycles. The summed E-state index contributed by atoms with van der Waals surface area (Å²) in [5.74, 6) is 0.848. The first kappa shape index (κ1) is 15.0. The fraction of sp³-hybridized carbons (Fsp3) is 0.588. The van der Waals surface area contributed by atoms with E-state index in [2.05, 4.69) is 49.6 Å². The van der Waals surface area contributed by atoms with Gasteiger partial charge in [-0.15, -0.1) is 0 Å². The average Bonchev–Trinajstić information content (AvgIpc) is 2.88. The van der Waals surface area contributed by atoms with Crippen molar-refractivity contribution in [2.24, 2.45) is 5.92 Å². The molecule has 2 rings (SSSR count). The molecule has 1 heterocycles. The highest BCUT2D eigenvalue weighted by molar-refractivity contribution is 5.76. The first-order valence-electron chi connectivity index (χ1n) is 7.63. The van der Waals surface area contributed by atoms with Gasteiger partial charge in [-0.3, -0.25) is 4.79 Å². The van der Waals surface area contributed by atoms with Crippen molar-refractivity contribution in [2.75, 3.05) is 13.1 Å². The smallest absolute Gasteiger partial charge is 0.220 e. The van der Waals surface area contributed by atoms with Gasteiger partial charge < -0.3 is 10.6 Å². The summed E-state index contributed by atoms with van der Waals surface area (Å²) >= 11 is 0. The monoisotopic (exact) mass is 274 g/mol. The van der Waals surface area contributed by atoms with E-state index in [9.17, 15) is 4.79 Å². The maximum absolute atomic E-state index is 12.0. The Morgan fingerprint density at radius 1 is 1.35 bits per heavy atom. The van der Waals surface area contributed by atoms with Crippen molar-refractivity contribution in [2.45, 2.75) is 46.1 Å². The molecule has 20 heavy (non-hydrogen) atoms. The highest BCUT2D eigenvalue weighted by atomic mass is 16.1. The van der Waals surface area contributed by atoms with Crippen LogP contribution in [0.3, 0.4) is 0 Å². The van der Waals surface area contributed by atoms with Crippen molar-refractivity contribution >= 4 is 5.91 Å². The van der Waals surface area contributed by atoms with Crippen LogP contribution < -0.4 is 10.6 Å². The summed E-state index contributed by atoms with van der Waals surface area (Å²) in [5, 5.41) is 6.46. The van der Waals surface area contributed by atoms with E-state index >= 15 is 0 Å². The molecule has 0 radical (unpaired) electrons. The second-order valence-corrected chi connectivity index (χ2v) is 6.11. The Labute approximate surface area is 122 Å². The number of benzene rings is 1. The Morgan fingerprint density at radius 2 is 2.05 bits per heavy atom. The summed E-state index contributed by atoms with van der Waals surface area (Å²) < 4.78 is 0. The van der Waals surface area contributed by atoms with Crippen molar-refractivity contribution in [1.82, 2.24) is 10.6 Å². The topological polar surface area (TPSA) is 41.1 Å². The van der Waals surface area contributed by atoms with E-state index in [4.69, 9.17) is 0 Å². The minimum Gasteiger partial charge on any atom is -0.350 e. The van der Waals surface area contributed by atoms with E-state index in [1.807, 2.05) is 0 Å². The highest BCUT2D eigenvalue weighted by Gasteiger charge is 2.16. The zero-order valence-corrected chi connectivity index (χ0v) is 12.8. The predicted octanol–water partition coefficient (Wildman–Crippen LogP) is 2.87. The molecule has 0 spiro atoms. The van der Waals surface area contributed by atoms with E-state index in [0.717, 1.165) is 19.5 Å². The molecule has 1 aliphatic rings. The van der Waals surface area contributed by atoms with Gasteiger partial charge in [0.05, 0.1) is 6.04 Å². The van der Waals surface area contributed by atoms with Crippen LogP contribution in [0.5, 0.6) is 0 Å².